The average Bonchev–Trinajstić information content (AvgIpc) is 2.82. The summed E-state index contributed by atoms with van der Waals surface area (Å²) in [5, 5.41) is 10.0. The summed E-state index contributed by atoms with van der Waals surface area (Å²) in [6.45, 7) is 0.686. The Bertz CT molecular complexity index is 530. The molecular formula is C13H16N4O. The van der Waals surface area contributed by atoms with E-state index in [1.54, 1.807) is 11.7 Å². The Morgan fingerprint density at radius 2 is 2.00 bits per heavy atom. The van der Waals surface area contributed by atoms with Gasteiger partial charge in [-0.25, -0.2) is 0 Å². The minimum absolute atomic E-state index is 0.0702. The fourth-order valence-corrected chi connectivity index (χ4v) is 1.62. The Hall–Kier alpha value is -2.30. The van der Waals surface area contributed by atoms with E-state index in [0.29, 0.717) is 12.1 Å². The Morgan fingerprint density at radius 3 is 2.56 bits per heavy atom. The lowest BCUT2D eigenvalue weighted by Crippen LogP contribution is -2.17. The molecule has 2 aromatic rings. The number of nitrogens with zero attached hydrogens (tertiary/aromatic N) is 2. The molecule has 5 nitrogen and oxygen atoms in total. The molecule has 0 aliphatic carbocycles. The van der Waals surface area contributed by atoms with Gasteiger partial charge in [0.2, 0.25) is 0 Å². The number of carbonyl (C=O) groups excluding carboxylic acids is 1. The summed E-state index contributed by atoms with van der Waals surface area (Å²) in [5.74, 6) is 0.770. The van der Waals surface area contributed by atoms with Crippen LogP contribution in [0.1, 0.15) is 15.9 Å². The second-order valence-corrected chi connectivity index (χ2v) is 4.00. The molecule has 0 fully saturated rings. The van der Waals surface area contributed by atoms with Gasteiger partial charge in [0, 0.05) is 38.5 Å². The monoisotopic (exact) mass is 244 g/mol. The van der Waals surface area contributed by atoms with Gasteiger partial charge in [-0.05, 0) is 17.7 Å². The van der Waals surface area contributed by atoms with Crippen LogP contribution < -0.4 is 10.6 Å². The zero-order valence-electron chi connectivity index (χ0n) is 10.5. The summed E-state index contributed by atoms with van der Waals surface area (Å²) in [7, 11) is 3.50. The van der Waals surface area contributed by atoms with Gasteiger partial charge in [-0.2, -0.15) is 5.10 Å². The van der Waals surface area contributed by atoms with Crippen molar-refractivity contribution in [2.45, 2.75) is 6.54 Å². The first-order valence-electron chi connectivity index (χ1n) is 5.73. The second-order valence-electron chi connectivity index (χ2n) is 4.00. The van der Waals surface area contributed by atoms with Gasteiger partial charge in [0.25, 0.3) is 5.91 Å². The molecule has 0 bridgehead atoms. The topological polar surface area (TPSA) is 59.0 Å². The third-order valence-electron chi connectivity index (χ3n) is 2.63. The normalized spacial score (nSPS) is 10.1. The number of benzene rings is 1. The van der Waals surface area contributed by atoms with Crippen molar-refractivity contribution in [3.63, 3.8) is 0 Å². The van der Waals surface area contributed by atoms with E-state index >= 15 is 0 Å². The largest absolute Gasteiger partial charge is 0.365 e. The van der Waals surface area contributed by atoms with Crippen LogP contribution in [0.4, 0.5) is 5.82 Å². The Balaban J connectivity index is 1.96. The zero-order chi connectivity index (χ0) is 13.0. The predicted molar refractivity (Wildman–Crippen MR) is 70.4 cm³/mol. The smallest absolute Gasteiger partial charge is 0.251 e. The number of anilines is 1. The zero-order valence-corrected chi connectivity index (χ0v) is 10.5. The molecular weight excluding hydrogens is 228 g/mol. The number of amides is 1. The lowest BCUT2D eigenvalue weighted by molar-refractivity contribution is 0.0963. The summed E-state index contributed by atoms with van der Waals surface area (Å²) in [5.41, 5.74) is 1.77. The molecule has 2 rings (SSSR count). The molecule has 18 heavy (non-hydrogen) atoms. The minimum atomic E-state index is -0.0702. The van der Waals surface area contributed by atoms with E-state index in [9.17, 15) is 4.79 Å². The van der Waals surface area contributed by atoms with E-state index in [1.165, 1.54) is 0 Å². The number of aromatic nitrogens is 2. The highest BCUT2D eigenvalue weighted by molar-refractivity contribution is 5.93. The molecule has 0 unspecified atom stereocenters. The molecule has 0 saturated carbocycles. The van der Waals surface area contributed by atoms with Gasteiger partial charge in [-0.15, -0.1) is 0 Å². The van der Waals surface area contributed by atoms with Gasteiger partial charge in [-0.1, -0.05) is 12.1 Å². The minimum Gasteiger partial charge on any atom is -0.365 e. The van der Waals surface area contributed by atoms with Crippen LogP contribution in [0.5, 0.6) is 0 Å². The van der Waals surface area contributed by atoms with E-state index in [1.807, 2.05) is 43.6 Å². The number of hydrogen-bond donors (Lipinski definition) is 2. The second kappa shape index (κ2) is 5.35. The van der Waals surface area contributed by atoms with Gasteiger partial charge < -0.3 is 10.6 Å². The molecule has 0 saturated heterocycles. The maximum absolute atomic E-state index is 11.4. The van der Waals surface area contributed by atoms with Gasteiger partial charge in [0.05, 0.1) is 0 Å². The first kappa shape index (κ1) is 12.2. The molecule has 2 N–H and O–H groups in total. The molecule has 1 aromatic heterocycles. The van der Waals surface area contributed by atoms with Crippen LogP contribution in [0.2, 0.25) is 0 Å². The van der Waals surface area contributed by atoms with Crippen molar-refractivity contribution in [2.75, 3.05) is 12.4 Å². The molecule has 0 aliphatic heterocycles. The quantitative estimate of drug-likeness (QED) is 0.854. The highest BCUT2D eigenvalue weighted by atomic mass is 16.1. The van der Waals surface area contributed by atoms with Crippen molar-refractivity contribution in [3.8, 4) is 0 Å². The molecule has 1 heterocycles. The lowest BCUT2D eigenvalue weighted by Gasteiger charge is -2.04. The summed E-state index contributed by atoms with van der Waals surface area (Å²) < 4.78 is 1.75. The lowest BCUT2D eigenvalue weighted by atomic mass is 10.1. The molecule has 5 heteroatoms. The van der Waals surface area contributed by atoms with Crippen molar-refractivity contribution < 1.29 is 4.79 Å². The maximum atomic E-state index is 11.4. The number of rotatable bonds is 4. The molecule has 0 radical (unpaired) electrons. The van der Waals surface area contributed by atoms with Crippen LogP contribution >= 0.6 is 0 Å². The third-order valence-corrected chi connectivity index (χ3v) is 2.63. The van der Waals surface area contributed by atoms with Gasteiger partial charge in [-0.3, -0.25) is 9.48 Å². The van der Waals surface area contributed by atoms with Crippen molar-refractivity contribution in [1.29, 1.82) is 0 Å². The van der Waals surface area contributed by atoms with Crippen LogP contribution in [0.3, 0.4) is 0 Å². The fraction of sp³-hybridized carbons (Fsp3) is 0.231. The van der Waals surface area contributed by atoms with Crippen molar-refractivity contribution in [2.24, 2.45) is 7.05 Å². The number of hydrogen-bond acceptors (Lipinski definition) is 3. The van der Waals surface area contributed by atoms with E-state index in [-0.39, 0.29) is 5.91 Å². The molecule has 1 aromatic carbocycles. The Kier molecular flexibility index (Phi) is 3.62. The highest BCUT2D eigenvalue weighted by Gasteiger charge is 2.02. The van der Waals surface area contributed by atoms with Gasteiger partial charge in [0.1, 0.15) is 5.82 Å². The molecule has 0 atom stereocenters. The van der Waals surface area contributed by atoms with Crippen molar-refractivity contribution in [3.05, 3.63) is 47.7 Å². The SMILES string of the molecule is CNC(=O)c1ccc(CNc2ccn(C)n2)cc1. The molecule has 94 valence electrons. The van der Waals surface area contributed by atoms with E-state index in [2.05, 4.69) is 15.7 Å². The first-order valence-corrected chi connectivity index (χ1v) is 5.73. The summed E-state index contributed by atoms with van der Waals surface area (Å²) in [6, 6.07) is 9.41. The van der Waals surface area contributed by atoms with E-state index in [4.69, 9.17) is 0 Å². The van der Waals surface area contributed by atoms with Crippen molar-refractivity contribution >= 4 is 11.7 Å². The standard InChI is InChI=1S/C13H16N4O/c1-14-13(18)11-5-3-10(4-6-11)9-15-12-7-8-17(2)16-12/h3-8H,9H2,1-2H3,(H,14,18)(H,15,16). The number of aryl methyl sites for hydroxylation is 1. The molecule has 0 spiro atoms. The predicted octanol–water partition coefficient (Wildman–Crippen LogP) is 1.39. The number of carbonyl (C=O) groups is 1. The van der Waals surface area contributed by atoms with E-state index < -0.39 is 0 Å². The third kappa shape index (κ3) is 2.88. The van der Waals surface area contributed by atoms with Crippen molar-refractivity contribution in [1.82, 2.24) is 15.1 Å². The molecule has 1 amide bonds. The van der Waals surface area contributed by atoms with Crippen LogP contribution in [0, 0.1) is 0 Å². The van der Waals surface area contributed by atoms with Crippen LogP contribution in [0.25, 0.3) is 0 Å². The van der Waals surface area contributed by atoms with E-state index in [0.717, 1.165) is 11.4 Å². The summed E-state index contributed by atoms with van der Waals surface area (Å²) >= 11 is 0. The molecule has 0 aliphatic rings. The Morgan fingerprint density at radius 1 is 1.28 bits per heavy atom. The summed E-state index contributed by atoms with van der Waals surface area (Å²) in [4.78, 5) is 11.4. The average molecular weight is 244 g/mol. The van der Waals surface area contributed by atoms with Crippen LogP contribution in [-0.4, -0.2) is 22.7 Å². The maximum Gasteiger partial charge on any atom is 0.251 e. The van der Waals surface area contributed by atoms with Crippen LogP contribution in [-0.2, 0) is 13.6 Å². The van der Waals surface area contributed by atoms with Gasteiger partial charge in [0.15, 0.2) is 0 Å². The highest BCUT2D eigenvalue weighted by Crippen LogP contribution is 2.08. The Labute approximate surface area is 106 Å². The first-order chi connectivity index (χ1) is 8.69. The summed E-state index contributed by atoms with van der Waals surface area (Å²) in [6.07, 6.45) is 1.89. The fourth-order valence-electron chi connectivity index (χ4n) is 1.62. The number of nitrogens with one attached hydrogen (secondary N) is 2. The van der Waals surface area contributed by atoms with Crippen LogP contribution in [0.15, 0.2) is 36.5 Å². The van der Waals surface area contributed by atoms with Gasteiger partial charge >= 0.3 is 0 Å².